The number of amides is 1. The molecule has 1 unspecified atom stereocenters. The van der Waals surface area contributed by atoms with Crippen LogP contribution < -0.4 is 5.73 Å². The molecule has 0 spiro atoms. The molecule has 72 valence electrons. The summed E-state index contributed by atoms with van der Waals surface area (Å²) in [5.74, 6) is -0.403. The number of aromatic amines is 1. The van der Waals surface area contributed by atoms with Gasteiger partial charge in [-0.2, -0.15) is 0 Å². The number of nitrogens with two attached hydrogens (primary N) is 1. The standard InChI is InChI=1S/C6H9N3O3S/c7-4(11)2-1-3(10)5-8-9-6(13)12-5/h3,10H,1-2H2,(H2,7,11)(H,9,13). The van der Waals surface area contributed by atoms with Gasteiger partial charge in [-0.25, -0.2) is 5.10 Å². The lowest BCUT2D eigenvalue weighted by molar-refractivity contribution is -0.118. The number of carbonyl (C=O) groups is 1. The van der Waals surface area contributed by atoms with E-state index in [-0.39, 0.29) is 23.6 Å². The largest absolute Gasteiger partial charge is 0.411 e. The summed E-state index contributed by atoms with van der Waals surface area (Å²) in [6, 6.07) is 0. The molecule has 13 heavy (non-hydrogen) atoms. The Bertz CT molecular complexity index is 345. The van der Waals surface area contributed by atoms with Crippen LogP contribution >= 0.6 is 12.2 Å². The molecule has 1 rings (SSSR count). The highest BCUT2D eigenvalue weighted by Gasteiger charge is 2.13. The molecule has 6 nitrogen and oxygen atoms in total. The first-order valence-corrected chi connectivity index (χ1v) is 4.02. The molecule has 0 aromatic carbocycles. The lowest BCUT2D eigenvalue weighted by atomic mass is 10.2. The summed E-state index contributed by atoms with van der Waals surface area (Å²) in [7, 11) is 0. The molecule has 1 aromatic heterocycles. The first-order chi connectivity index (χ1) is 6.09. The number of hydrogen-bond acceptors (Lipinski definition) is 5. The molecule has 1 amide bonds. The van der Waals surface area contributed by atoms with Gasteiger partial charge >= 0.3 is 0 Å². The van der Waals surface area contributed by atoms with Crippen LogP contribution in [0.3, 0.4) is 0 Å². The van der Waals surface area contributed by atoms with Crippen LogP contribution in [0.15, 0.2) is 4.42 Å². The molecule has 4 N–H and O–H groups in total. The molecule has 0 aliphatic rings. The van der Waals surface area contributed by atoms with Crippen LogP contribution in [0.2, 0.25) is 0 Å². The first kappa shape index (κ1) is 9.87. The molecule has 0 saturated heterocycles. The minimum absolute atomic E-state index is 0.0752. The predicted molar refractivity (Wildman–Crippen MR) is 45.1 cm³/mol. The monoisotopic (exact) mass is 203 g/mol. The number of primary amides is 1. The normalized spacial score (nSPS) is 12.7. The maximum absolute atomic E-state index is 10.4. The van der Waals surface area contributed by atoms with Crippen molar-refractivity contribution in [3.05, 3.63) is 10.7 Å². The van der Waals surface area contributed by atoms with E-state index in [0.717, 1.165) is 0 Å². The molecular weight excluding hydrogens is 194 g/mol. The van der Waals surface area contributed by atoms with Gasteiger partial charge < -0.3 is 15.3 Å². The van der Waals surface area contributed by atoms with Gasteiger partial charge in [0.25, 0.3) is 4.84 Å². The number of aliphatic hydroxyl groups excluding tert-OH is 1. The summed E-state index contributed by atoms with van der Waals surface area (Å²) in [5, 5.41) is 15.3. The second kappa shape index (κ2) is 4.15. The van der Waals surface area contributed by atoms with Crippen LogP contribution in [0.5, 0.6) is 0 Å². The van der Waals surface area contributed by atoms with Crippen LogP contribution in [-0.4, -0.2) is 21.2 Å². The summed E-state index contributed by atoms with van der Waals surface area (Å²) in [5.41, 5.74) is 4.89. The van der Waals surface area contributed by atoms with E-state index in [1.165, 1.54) is 0 Å². The smallest absolute Gasteiger partial charge is 0.284 e. The van der Waals surface area contributed by atoms with Crippen LogP contribution in [0.4, 0.5) is 0 Å². The van der Waals surface area contributed by atoms with Gasteiger partial charge in [0.15, 0.2) is 0 Å². The lowest BCUT2D eigenvalue weighted by Crippen LogP contribution is -2.12. The van der Waals surface area contributed by atoms with Crippen molar-refractivity contribution in [3.63, 3.8) is 0 Å². The molecule has 1 heterocycles. The number of aliphatic hydroxyl groups is 1. The third-order valence-corrected chi connectivity index (χ3v) is 1.58. The summed E-state index contributed by atoms with van der Waals surface area (Å²) in [6.07, 6.45) is -0.685. The van der Waals surface area contributed by atoms with Crippen LogP contribution in [0.1, 0.15) is 24.8 Å². The number of nitrogens with zero attached hydrogens (tertiary/aromatic N) is 1. The summed E-state index contributed by atoms with van der Waals surface area (Å²) in [6.45, 7) is 0. The van der Waals surface area contributed by atoms with Crippen molar-refractivity contribution in [1.82, 2.24) is 10.2 Å². The molecule has 0 aliphatic carbocycles. The Morgan fingerprint density at radius 1 is 1.85 bits per heavy atom. The highest BCUT2D eigenvalue weighted by Crippen LogP contribution is 2.14. The number of nitrogens with one attached hydrogen (secondary N) is 1. The number of carbonyl (C=O) groups excluding carboxylic acids is 1. The average molecular weight is 203 g/mol. The van der Waals surface area contributed by atoms with Crippen molar-refractivity contribution in [2.24, 2.45) is 5.73 Å². The van der Waals surface area contributed by atoms with Crippen molar-refractivity contribution in [1.29, 1.82) is 0 Å². The lowest BCUT2D eigenvalue weighted by Gasteiger charge is -2.02. The second-order valence-electron chi connectivity index (χ2n) is 2.47. The summed E-state index contributed by atoms with van der Waals surface area (Å²) >= 11 is 4.60. The van der Waals surface area contributed by atoms with E-state index < -0.39 is 12.0 Å². The van der Waals surface area contributed by atoms with E-state index in [1.54, 1.807) is 0 Å². The van der Waals surface area contributed by atoms with Crippen molar-refractivity contribution in [3.8, 4) is 0 Å². The van der Waals surface area contributed by atoms with Gasteiger partial charge in [-0.15, -0.1) is 5.10 Å². The SMILES string of the molecule is NC(=O)CCC(O)c1n[nH]c(=S)o1. The number of hydrogen-bond donors (Lipinski definition) is 3. The molecular formula is C6H9N3O3S. The van der Waals surface area contributed by atoms with Gasteiger partial charge in [-0.3, -0.25) is 4.79 Å². The van der Waals surface area contributed by atoms with Crippen molar-refractivity contribution >= 4 is 18.1 Å². The molecule has 7 heteroatoms. The van der Waals surface area contributed by atoms with Crippen molar-refractivity contribution in [2.75, 3.05) is 0 Å². The summed E-state index contributed by atoms with van der Waals surface area (Å²) in [4.78, 5) is 10.5. The third kappa shape index (κ3) is 2.96. The maximum Gasteiger partial charge on any atom is 0.284 e. The Kier molecular flexibility index (Phi) is 3.15. The average Bonchev–Trinajstić information content (AvgIpc) is 2.47. The Hall–Kier alpha value is -1.21. The topological polar surface area (TPSA) is 105 Å². The van der Waals surface area contributed by atoms with Crippen LogP contribution in [0, 0.1) is 4.84 Å². The fourth-order valence-corrected chi connectivity index (χ4v) is 0.917. The fourth-order valence-electron chi connectivity index (χ4n) is 0.786. The first-order valence-electron chi connectivity index (χ1n) is 3.61. The van der Waals surface area contributed by atoms with Gasteiger partial charge in [0.1, 0.15) is 6.10 Å². The van der Waals surface area contributed by atoms with E-state index in [9.17, 15) is 9.90 Å². The van der Waals surface area contributed by atoms with E-state index in [4.69, 9.17) is 10.2 Å². The van der Waals surface area contributed by atoms with E-state index in [2.05, 4.69) is 22.4 Å². The highest BCUT2D eigenvalue weighted by atomic mass is 32.1. The minimum Gasteiger partial charge on any atom is -0.411 e. The zero-order valence-corrected chi connectivity index (χ0v) is 7.50. The molecule has 0 bridgehead atoms. The third-order valence-electron chi connectivity index (χ3n) is 1.40. The molecule has 0 fully saturated rings. The Morgan fingerprint density at radius 2 is 2.54 bits per heavy atom. The quantitative estimate of drug-likeness (QED) is 0.599. The van der Waals surface area contributed by atoms with Crippen molar-refractivity contribution in [2.45, 2.75) is 18.9 Å². The Morgan fingerprint density at radius 3 is 3.00 bits per heavy atom. The molecule has 0 aliphatic heterocycles. The molecule has 1 aromatic rings. The van der Waals surface area contributed by atoms with E-state index in [1.807, 2.05) is 0 Å². The second-order valence-corrected chi connectivity index (χ2v) is 2.84. The van der Waals surface area contributed by atoms with Gasteiger partial charge in [0.2, 0.25) is 11.8 Å². The Balaban J connectivity index is 2.53. The van der Waals surface area contributed by atoms with Gasteiger partial charge in [-0.1, -0.05) is 0 Å². The van der Waals surface area contributed by atoms with Crippen LogP contribution in [-0.2, 0) is 4.79 Å². The fraction of sp³-hybridized carbons (Fsp3) is 0.500. The summed E-state index contributed by atoms with van der Waals surface area (Å²) < 4.78 is 4.82. The van der Waals surface area contributed by atoms with Crippen molar-refractivity contribution < 1.29 is 14.3 Å². The zero-order chi connectivity index (χ0) is 9.84. The Labute approximate surface area is 78.7 Å². The maximum atomic E-state index is 10.4. The molecule has 1 atom stereocenters. The van der Waals surface area contributed by atoms with Crippen LogP contribution in [0.25, 0.3) is 0 Å². The molecule has 0 radical (unpaired) electrons. The molecule has 0 saturated carbocycles. The zero-order valence-electron chi connectivity index (χ0n) is 6.69. The van der Waals surface area contributed by atoms with E-state index >= 15 is 0 Å². The van der Waals surface area contributed by atoms with Gasteiger partial charge in [-0.05, 0) is 18.6 Å². The number of H-pyrrole nitrogens is 1. The minimum atomic E-state index is -0.944. The van der Waals surface area contributed by atoms with Gasteiger partial charge in [0.05, 0.1) is 0 Å². The van der Waals surface area contributed by atoms with Gasteiger partial charge in [0, 0.05) is 6.42 Å². The highest BCUT2D eigenvalue weighted by molar-refractivity contribution is 7.71. The number of rotatable bonds is 4. The predicted octanol–water partition coefficient (Wildman–Crippen LogP) is 0.0311. The number of aromatic nitrogens is 2. The van der Waals surface area contributed by atoms with E-state index in [0.29, 0.717) is 0 Å².